The largest absolute Gasteiger partial charge is 0.396 e. The molecule has 0 aliphatic carbocycles. The third-order valence-corrected chi connectivity index (χ3v) is 3.30. The summed E-state index contributed by atoms with van der Waals surface area (Å²) in [7, 11) is 0. The van der Waals surface area contributed by atoms with E-state index in [1.807, 2.05) is 0 Å². The molecule has 0 bridgehead atoms. The first-order chi connectivity index (χ1) is 6.83. The van der Waals surface area contributed by atoms with E-state index in [1.54, 1.807) is 0 Å². The Labute approximate surface area is 87.7 Å². The van der Waals surface area contributed by atoms with Crippen molar-refractivity contribution in [3.05, 3.63) is 0 Å². The molecule has 84 valence electrons. The molecular weight excluding hydrogens is 176 g/mol. The van der Waals surface area contributed by atoms with Crippen LogP contribution < -0.4 is 0 Å². The summed E-state index contributed by atoms with van der Waals surface area (Å²) in [5, 5.41) is 9.42. The van der Waals surface area contributed by atoms with Crippen molar-refractivity contribution in [3.8, 4) is 0 Å². The quantitative estimate of drug-likeness (QED) is 0.668. The highest BCUT2D eigenvalue weighted by molar-refractivity contribution is 4.80. The van der Waals surface area contributed by atoms with Gasteiger partial charge in [-0.05, 0) is 19.3 Å². The second-order valence-corrected chi connectivity index (χ2v) is 4.62. The van der Waals surface area contributed by atoms with Crippen LogP contribution in [-0.2, 0) is 4.74 Å². The Hall–Kier alpha value is -0.0800. The van der Waals surface area contributed by atoms with E-state index in [4.69, 9.17) is 4.74 Å². The van der Waals surface area contributed by atoms with Gasteiger partial charge in [0.05, 0.1) is 13.2 Å². The van der Waals surface area contributed by atoms with E-state index < -0.39 is 0 Å². The molecule has 1 saturated heterocycles. The molecule has 1 N–H and O–H groups in total. The Bertz CT molecular complexity index is 139. The van der Waals surface area contributed by atoms with Crippen molar-refractivity contribution < 1.29 is 9.84 Å². The number of rotatable bonds is 6. The van der Waals surface area contributed by atoms with Crippen LogP contribution in [0.2, 0.25) is 0 Å². The highest BCUT2D eigenvalue weighted by Crippen LogP contribution is 2.33. The van der Waals surface area contributed by atoms with Gasteiger partial charge in [0.25, 0.3) is 0 Å². The van der Waals surface area contributed by atoms with Crippen LogP contribution in [0.1, 0.15) is 51.9 Å². The smallest absolute Gasteiger partial charge is 0.0544 e. The fourth-order valence-corrected chi connectivity index (χ4v) is 2.24. The SMILES string of the molecule is CCCCCCC1(CO)CCCOC1. The number of unbranched alkanes of at least 4 members (excludes halogenated alkanes) is 3. The van der Waals surface area contributed by atoms with Crippen molar-refractivity contribution in [2.24, 2.45) is 5.41 Å². The number of aliphatic hydroxyl groups is 1. The molecule has 1 atom stereocenters. The van der Waals surface area contributed by atoms with Gasteiger partial charge in [-0.2, -0.15) is 0 Å². The lowest BCUT2D eigenvalue weighted by Crippen LogP contribution is -2.35. The second-order valence-electron chi connectivity index (χ2n) is 4.62. The Balaban J connectivity index is 2.22. The van der Waals surface area contributed by atoms with Crippen LogP contribution in [-0.4, -0.2) is 24.9 Å². The molecule has 0 aromatic rings. The average Bonchev–Trinajstić information content (AvgIpc) is 2.26. The van der Waals surface area contributed by atoms with Gasteiger partial charge in [0.15, 0.2) is 0 Å². The van der Waals surface area contributed by atoms with Crippen molar-refractivity contribution >= 4 is 0 Å². The first-order valence-electron chi connectivity index (χ1n) is 6.01. The molecule has 1 aliphatic rings. The highest BCUT2D eigenvalue weighted by Gasteiger charge is 2.31. The molecule has 0 spiro atoms. The van der Waals surface area contributed by atoms with E-state index >= 15 is 0 Å². The van der Waals surface area contributed by atoms with Crippen LogP contribution >= 0.6 is 0 Å². The summed E-state index contributed by atoms with van der Waals surface area (Å²) in [5.41, 5.74) is 0.103. The van der Waals surface area contributed by atoms with Crippen molar-refractivity contribution in [1.82, 2.24) is 0 Å². The van der Waals surface area contributed by atoms with Gasteiger partial charge in [0, 0.05) is 12.0 Å². The molecule has 2 heteroatoms. The maximum Gasteiger partial charge on any atom is 0.0544 e. The number of aliphatic hydroxyl groups excluding tert-OH is 1. The molecule has 0 aromatic heterocycles. The van der Waals surface area contributed by atoms with Gasteiger partial charge >= 0.3 is 0 Å². The molecule has 1 aliphatic heterocycles. The minimum Gasteiger partial charge on any atom is -0.396 e. The van der Waals surface area contributed by atoms with E-state index in [-0.39, 0.29) is 5.41 Å². The second kappa shape index (κ2) is 6.41. The van der Waals surface area contributed by atoms with Crippen molar-refractivity contribution in [2.45, 2.75) is 51.9 Å². The number of hydrogen-bond acceptors (Lipinski definition) is 2. The molecule has 0 saturated carbocycles. The van der Waals surface area contributed by atoms with E-state index in [0.717, 1.165) is 32.5 Å². The lowest BCUT2D eigenvalue weighted by atomic mass is 9.79. The Morgan fingerprint density at radius 2 is 2.14 bits per heavy atom. The zero-order chi connectivity index (χ0) is 10.3. The van der Waals surface area contributed by atoms with E-state index in [9.17, 15) is 5.11 Å². The fraction of sp³-hybridized carbons (Fsp3) is 1.00. The van der Waals surface area contributed by atoms with Gasteiger partial charge in [-0.1, -0.05) is 32.6 Å². The van der Waals surface area contributed by atoms with E-state index in [1.165, 1.54) is 25.7 Å². The van der Waals surface area contributed by atoms with Gasteiger partial charge in [-0.15, -0.1) is 0 Å². The summed E-state index contributed by atoms with van der Waals surface area (Å²) in [4.78, 5) is 0. The summed E-state index contributed by atoms with van der Waals surface area (Å²) in [6, 6.07) is 0. The highest BCUT2D eigenvalue weighted by atomic mass is 16.5. The van der Waals surface area contributed by atoms with Crippen LogP contribution in [0.3, 0.4) is 0 Å². The monoisotopic (exact) mass is 200 g/mol. The zero-order valence-electron chi connectivity index (χ0n) is 9.43. The van der Waals surface area contributed by atoms with Crippen molar-refractivity contribution in [2.75, 3.05) is 19.8 Å². The van der Waals surface area contributed by atoms with Gasteiger partial charge in [-0.3, -0.25) is 0 Å². The summed E-state index contributed by atoms with van der Waals surface area (Å²) >= 11 is 0. The topological polar surface area (TPSA) is 29.5 Å². The predicted molar refractivity (Wildman–Crippen MR) is 58.3 cm³/mol. The summed E-state index contributed by atoms with van der Waals surface area (Å²) in [6.45, 7) is 4.19. The molecule has 1 unspecified atom stereocenters. The van der Waals surface area contributed by atoms with E-state index in [0.29, 0.717) is 6.61 Å². The standard InChI is InChI=1S/C12H24O2/c1-2-3-4-5-7-12(10-13)8-6-9-14-11-12/h13H,2-11H2,1H3. The number of hydrogen-bond donors (Lipinski definition) is 1. The van der Waals surface area contributed by atoms with Gasteiger partial charge in [0.1, 0.15) is 0 Å². The maximum absolute atomic E-state index is 9.42. The lowest BCUT2D eigenvalue weighted by molar-refractivity contribution is -0.0440. The van der Waals surface area contributed by atoms with Crippen LogP contribution in [0.25, 0.3) is 0 Å². The molecule has 14 heavy (non-hydrogen) atoms. The van der Waals surface area contributed by atoms with Crippen molar-refractivity contribution in [1.29, 1.82) is 0 Å². The number of ether oxygens (including phenoxy) is 1. The third kappa shape index (κ3) is 3.58. The molecule has 0 radical (unpaired) electrons. The molecular formula is C12H24O2. The minimum atomic E-state index is 0.103. The van der Waals surface area contributed by atoms with Gasteiger partial charge < -0.3 is 9.84 Å². The van der Waals surface area contributed by atoms with E-state index in [2.05, 4.69) is 6.92 Å². The summed E-state index contributed by atoms with van der Waals surface area (Å²) in [5.74, 6) is 0. The van der Waals surface area contributed by atoms with Crippen LogP contribution in [0.5, 0.6) is 0 Å². The normalized spacial score (nSPS) is 27.9. The third-order valence-electron chi connectivity index (χ3n) is 3.30. The van der Waals surface area contributed by atoms with Crippen LogP contribution in [0.15, 0.2) is 0 Å². The molecule has 0 amide bonds. The zero-order valence-corrected chi connectivity index (χ0v) is 9.43. The molecule has 1 rings (SSSR count). The summed E-state index contributed by atoms with van der Waals surface area (Å²) < 4.78 is 5.47. The minimum absolute atomic E-state index is 0.103. The lowest BCUT2D eigenvalue weighted by Gasteiger charge is -2.35. The predicted octanol–water partition coefficient (Wildman–Crippen LogP) is 2.75. The molecule has 1 fully saturated rings. The molecule has 2 nitrogen and oxygen atoms in total. The Morgan fingerprint density at radius 3 is 2.71 bits per heavy atom. The van der Waals surface area contributed by atoms with Gasteiger partial charge in [0.2, 0.25) is 0 Å². The van der Waals surface area contributed by atoms with Gasteiger partial charge in [-0.25, -0.2) is 0 Å². The molecule has 0 aromatic carbocycles. The maximum atomic E-state index is 9.42. The first-order valence-corrected chi connectivity index (χ1v) is 6.01. The van der Waals surface area contributed by atoms with Crippen molar-refractivity contribution in [3.63, 3.8) is 0 Å². The first kappa shape index (κ1) is 12.0. The Kier molecular flexibility index (Phi) is 5.49. The fourth-order valence-electron chi connectivity index (χ4n) is 2.24. The van der Waals surface area contributed by atoms with Crippen LogP contribution in [0.4, 0.5) is 0 Å². The van der Waals surface area contributed by atoms with Crippen LogP contribution in [0, 0.1) is 5.41 Å². The Morgan fingerprint density at radius 1 is 1.29 bits per heavy atom. The molecule has 1 heterocycles. The average molecular weight is 200 g/mol. The summed E-state index contributed by atoms with van der Waals surface area (Å²) in [6.07, 6.45) is 8.56.